The molecule has 0 spiro atoms. The summed E-state index contributed by atoms with van der Waals surface area (Å²) in [6.07, 6.45) is 12.0. The third-order valence-corrected chi connectivity index (χ3v) is 4.71. The Bertz CT molecular complexity index is 835. The maximum Gasteiger partial charge on any atom is 0.330 e. The molecule has 1 heterocycles. The number of methoxy groups -OCH3 is 1. The molecule has 0 unspecified atom stereocenters. The minimum atomic E-state index is -0.476. The highest BCUT2D eigenvalue weighted by atomic mass is 16.6. The molecule has 3 rings (SSSR count). The van der Waals surface area contributed by atoms with Gasteiger partial charge in [0, 0.05) is 30.5 Å². The first-order valence-corrected chi connectivity index (χ1v) is 8.68. The van der Waals surface area contributed by atoms with E-state index in [2.05, 4.69) is 9.72 Å². The van der Waals surface area contributed by atoms with E-state index in [0.717, 1.165) is 31.5 Å². The lowest BCUT2D eigenvalue weighted by atomic mass is 9.88. The highest BCUT2D eigenvalue weighted by molar-refractivity contribution is 5.87. The number of carbonyl (C=O) groups excluding carboxylic acids is 1. The van der Waals surface area contributed by atoms with Gasteiger partial charge in [0.2, 0.25) is 0 Å². The lowest BCUT2D eigenvalue weighted by Crippen LogP contribution is -2.12. The van der Waals surface area contributed by atoms with Crippen molar-refractivity contribution < 1.29 is 14.5 Å². The molecule has 0 aliphatic heterocycles. The van der Waals surface area contributed by atoms with Crippen molar-refractivity contribution in [3.63, 3.8) is 0 Å². The van der Waals surface area contributed by atoms with Crippen LogP contribution in [0, 0.1) is 10.1 Å². The summed E-state index contributed by atoms with van der Waals surface area (Å²) in [6, 6.07) is 4.76. The van der Waals surface area contributed by atoms with Crippen LogP contribution in [0.1, 0.15) is 49.4 Å². The van der Waals surface area contributed by atoms with E-state index in [1.54, 1.807) is 30.6 Å². The number of benzene rings is 1. The van der Waals surface area contributed by atoms with Crippen LogP contribution in [0.3, 0.4) is 0 Å². The molecule has 0 bridgehead atoms. The number of ether oxygens (including phenoxy) is 1. The topological polar surface area (TPSA) is 87.3 Å². The van der Waals surface area contributed by atoms with Gasteiger partial charge in [-0.15, -0.1) is 0 Å². The summed E-state index contributed by atoms with van der Waals surface area (Å²) < 4.78 is 6.39. The second-order valence-corrected chi connectivity index (χ2v) is 6.35. The Labute approximate surface area is 151 Å². The predicted molar refractivity (Wildman–Crippen MR) is 97.1 cm³/mol. The summed E-state index contributed by atoms with van der Waals surface area (Å²) in [5.41, 5.74) is 1.15. The van der Waals surface area contributed by atoms with Crippen LogP contribution >= 0.6 is 0 Å². The smallest absolute Gasteiger partial charge is 0.330 e. The molecule has 0 N–H and O–H groups in total. The molecule has 1 fully saturated rings. The van der Waals surface area contributed by atoms with Crippen LogP contribution in [-0.2, 0) is 9.53 Å². The van der Waals surface area contributed by atoms with Crippen molar-refractivity contribution in [3.8, 4) is 5.69 Å². The van der Waals surface area contributed by atoms with Gasteiger partial charge >= 0.3 is 5.97 Å². The number of imidazole rings is 1. The van der Waals surface area contributed by atoms with Crippen LogP contribution in [0.5, 0.6) is 0 Å². The van der Waals surface area contributed by atoms with Crippen molar-refractivity contribution in [1.29, 1.82) is 0 Å². The van der Waals surface area contributed by atoms with E-state index in [9.17, 15) is 14.9 Å². The number of esters is 1. The molecular weight excluding hydrogens is 334 g/mol. The fraction of sp³-hybridized carbons (Fsp3) is 0.368. The zero-order valence-electron chi connectivity index (χ0n) is 14.6. The van der Waals surface area contributed by atoms with E-state index in [4.69, 9.17) is 0 Å². The van der Waals surface area contributed by atoms with Crippen molar-refractivity contribution in [2.75, 3.05) is 7.11 Å². The third-order valence-electron chi connectivity index (χ3n) is 4.71. The fourth-order valence-electron chi connectivity index (χ4n) is 3.41. The van der Waals surface area contributed by atoms with Crippen LogP contribution in [0.25, 0.3) is 11.8 Å². The highest BCUT2D eigenvalue weighted by Crippen LogP contribution is 2.34. The molecule has 26 heavy (non-hydrogen) atoms. The maximum atomic E-state index is 11.5. The number of rotatable bonds is 5. The van der Waals surface area contributed by atoms with E-state index in [-0.39, 0.29) is 5.69 Å². The molecule has 0 radical (unpaired) electrons. The average Bonchev–Trinajstić information content (AvgIpc) is 3.16. The van der Waals surface area contributed by atoms with Crippen LogP contribution < -0.4 is 0 Å². The molecule has 7 nitrogen and oxygen atoms in total. The lowest BCUT2D eigenvalue weighted by molar-refractivity contribution is -0.384. The number of hydrogen-bond acceptors (Lipinski definition) is 5. The molecule has 0 amide bonds. The van der Waals surface area contributed by atoms with Crippen molar-refractivity contribution in [1.82, 2.24) is 9.55 Å². The number of nitro benzene ring substituents is 1. The average molecular weight is 355 g/mol. The summed E-state index contributed by atoms with van der Waals surface area (Å²) in [6.45, 7) is 0. The fourth-order valence-corrected chi connectivity index (χ4v) is 3.41. The summed E-state index contributed by atoms with van der Waals surface area (Å²) in [5.74, 6) is 0.699. The third kappa shape index (κ3) is 3.82. The van der Waals surface area contributed by atoms with E-state index in [1.807, 2.05) is 4.57 Å². The number of nitrogens with zero attached hydrogens (tertiary/aromatic N) is 3. The van der Waals surface area contributed by atoms with Crippen molar-refractivity contribution in [2.45, 2.75) is 38.0 Å². The van der Waals surface area contributed by atoms with Gasteiger partial charge in [-0.2, -0.15) is 0 Å². The molecule has 1 saturated carbocycles. The quantitative estimate of drug-likeness (QED) is 0.350. The first-order valence-electron chi connectivity index (χ1n) is 8.68. The highest BCUT2D eigenvalue weighted by Gasteiger charge is 2.24. The van der Waals surface area contributed by atoms with Crippen molar-refractivity contribution >= 4 is 17.7 Å². The van der Waals surface area contributed by atoms with Gasteiger partial charge in [0.05, 0.1) is 12.0 Å². The Balaban J connectivity index is 2.02. The van der Waals surface area contributed by atoms with Crippen LogP contribution in [0.4, 0.5) is 5.69 Å². The van der Waals surface area contributed by atoms with E-state index < -0.39 is 10.9 Å². The maximum absolute atomic E-state index is 11.5. The van der Waals surface area contributed by atoms with Crippen LogP contribution in [0.15, 0.2) is 36.7 Å². The number of carbonyl (C=O) groups is 1. The predicted octanol–water partition coefficient (Wildman–Crippen LogP) is 4.01. The Morgan fingerprint density at radius 2 is 2.12 bits per heavy atom. The largest absolute Gasteiger partial charge is 0.466 e. The van der Waals surface area contributed by atoms with Gasteiger partial charge in [0.1, 0.15) is 11.5 Å². The molecule has 1 aliphatic carbocycles. The molecule has 0 saturated heterocycles. The first kappa shape index (κ1) is 17.8. The molecule has 2 aromatic rings. The van der Waals surface area contributed by atoms with Gasteiger partial charge in [0.15, 0.2) is 0 Å². The van der Waals surface area contributed by atoms with E-state index in [0.29, 0.717) is 17.2 Å². The Kier molecular flexibility index (Phi) is 5.46. The standard InChI is InChI=1S/C19H21N3O4/c1-26-18(23)10-8-14-7-9-16(22(24)25)17(13-14)21-12-11-20-19(21)15-5-3-2-4-6-15/h7-13,15H,2-6H2,1H3/b10-8+. The minimum absolute atomic E-state index is 0.00952. The van der Waals surface area contributed by atoms with E-state index in [1.165, 1.54) is 25.7 Å². The SMILES string of the molecule is COC(=O)/C=C/c1ccc([N+](=O)[O-])c(-n2ccnc2C2CCCCC2)c1. The minimum Gasteiger partial charge on any atom is -0.466 e. The normalized spacial score (nSPS) is 15.3. The summed E-state index contributed by atoms with van der Waals surface area (Å²) >= 11 is 0. The Hall–Kier alpha value is -2.96. The van der Waals surface area contributed by atoms with Gasteiger partial charge in [-0.05, 0) is 36.6 Å². The Morgan fingerprint density at radius 1 is 1.35 bits per heavy atom. The second-order valence-electron chi connectivity index (χ2n) is 6.35. The van der Waals surface area contributed by atoms with Crippen LogP contribution in [0.2, 0.25) is 0 Å². The van der Waals surface area contributed by atoms with Crippen molar-refractivity contribution in [3.05, 3.63) is 58.2 Å². The van der Waals surface area contributed by atoms with Gasteiger partial charge in [-0.3, -0.25) is 14.7 Å². The molecule has 1 aromatic carbocycles. The van der Waals surface area contributed by atoms with Gasteiger partial charge in [-0.1, -0.05) is 19.3 Å². The lowest BCUT2D eigenvalue weighted by Gasteiger charge is -2.22. The summed E-state index contributed by atoms with van der Waals surface area (Å²) in [5, 5.41) is 11.5. The second kappa shape index (κ2) is 7.95. The summed E-state index contributed by atoms with van der Waals surface area (Å²) in [4.78, 5) is 26.9. The number of nitro groups is 1. The van der Waals surface area contributed by atoms with E-state index >= 15 is 0 Å². The van der Waals surface area contributed by atoms with Gasteiger partial charge < -0.3 is 4.74 Å². The molecule has 7 heteroatoms. The Morgan fingerprint density at radius 3 is 2.81 bits per heavy atom. The first-order chi connectivity index (χ1) is 12.6. The van der Waals surface area contributed by atoms with Gasteiger partial charge in [0.25, 0.3) is 5.69 Å². The number of hydrogen-bond donors (Lipinski definition) is 0. The van der Waals surface area contributed by atoms with Crippen molar-refractivity contribution in [2.24, 2.45) is 0 Å². The molecule has 1 aliphatic rings. The van der Waals surface area contributed by atoms with Crippen LogP contribution in [-0.4, -0.2) is 27.6 Å². The number of aromatic nitrogens is 2. The molecular formula is C19H21N3O4. The monoisotopic (exact) mass is 355 g/mol. The molecule has 136 valence electrons. The zero-order chi connectivity index (χ0) is 18.5. The summed E-state index contributed by atoms with van der Waals surface area (Å²) in [7, 11) is 1.30. The van der Waals surface area contributed by atoms with Gasteiger partial charge in [-0.25, -0.2) is 9.78 Å². The zero-order valence-corrected chi connectivity index (χ0v) is 14.6. The molecule has 1 aromatic heterocycles. The molecule has 0 atom stereocenters.